The van der Waals surface area contributed by atoms with E-state index in [1.54, 1.807) is 26.0 Å². The van der Waals surface area contributed by atoms with E-state index in [-0.39, 0.29) is 10.6 Å². The fourth-order valence-corrected chi connectivity index (χ4v) is 2.92. The number of aromatic hydroxyl groups is 1. The maximum Gasteiger partial charge on any atom is 0.246 e. The van der Waals surface area contributed by atoms with Crippen LogP contribution in [0.5, 0.6) is 5.75 Å². The zero-order valence-corrected chi connectivity index (χ0v) is 9.66. The van der Waals surface area contributed by atoms with E-state index in [4.69, 9.17) is 0 Å². The SMILES string of the molecule is CCN(CC)S(=O)(=O)c1ccccc1O. The van der Waals surface area contributed by atoms with E-state index in [2.05, 4.69) is 0 Å². The molecule has 0 aliphatic carbocycles. The van der Waals surface area contributed by atoms with Gasteiger partial charge >= 0.3 is 0 Å². The van der Waals surface area contributed by atoms with E-state index < -0.39 is 10.0 Å². The summed E-state index contributed by atoms with van der Waals surface area (Å²) in [5, 5.41) is 9.48. The average molecular weight is 229 g/mol. The fraction of sp³-hybridized carbons (Fsp3) is 0.400. The normalized spacial score (nSPS) is 11.9. The number of nitrogens with zero attached hydrogens (tertiary/aromatic N) is 1. The quantitative estimate of drug-likeness (QED) is 0.849. The van der Waals surface area contributed by atoms with Gasteiger partial charge in [0, 0.05) is 13.1 Å². The Bertz CT molecular complexity index is 424. The molecular weight excluding hydrogens is 214 g/mol. The lowest BCUT2D eigenvalue weighted by Crippen LogP contribution is -2.30. The molecule has 0 fully saturated rings. The lowest BCUT2D eigenvalue weighted by Gasteiger charge is -2.18. The highest BCUT2D eigenvalue weighted by Crippen LogP contribution is 2.24. The van der Waals surface area contributed by atoms with Crippen LogP contribution >= 0.6 is 0 Å². The van der Waals surface area contributed by atoms with Crippen LogP contribution in [0.1, 0.15) is 13.8 Å². The topological polar surface area (TPSA) is 57.6 Å². The summed E-state index contributed by atoms with van der Waals surface area (Å²) in [7, 11) is -3.55. The number of sulfonamides is 1. The summed E-state index contributed by atoms with van der Waals surface area (Å²) in [6.07, 6.45) is 0. The first-order valence-electron chi connectivity index (χ1n) is 4.82. The molecule has 0 aliphatic heterocycles. The maximum absolute atomic E-state index is 12.0. The highest BCUT2D eigenvalue weighted by Gasteiger charge is 2.23. The molecule has 5 heteroatoms. The van der Waals surface area contributed by atoms with Crippen LogP contribution in [0.25, 0.3) is 0 Å². The van der Waals surface area contributed by atoms with Crippen molar-refractivity contribution in [1.29, 1.82) is 0 Å². The average Bonchev–Trinajstić information content (AvgIpc) is 2.19. The largest absolute Gasteiger partial charge is 0.507 e. The Morgan fingerprint density at radius 1 is 1.20 bits per heavy atom. The Morgan fingerprint density at radius 3 is 2.20 bits per heavy atom. The van der Waals surface area contributed by atoms with Gasteiger partial charge in [-0.3, -0.25) is 0 Å². The summed E-state index contributed by atoms with van der Waals surface area (Å²) in [5.74, 6) is -0.204. The van der Waals surface area contributed by atoms with Gasteiger partial charge in [-0.05, 0) is 12.1 Å². The van der Waals surface area contributed by atoms with E-state index in [0.29, 0.717) is 13.1 Å². The third-order valence-corrected chi connectivity index (χ3v) is 4.29. The Morgan fingerprint density at radius 2 is 1.73 bits per heavy atom. The summed E-state index contributed by atoms with van der Waals surface area (Å²) in [4.78, 5) is -0.0336. The van der Waals surface area contributed by atoms with Crippen molar-refractivity contribution in [3.8, 4) is 5.75 Å². The van der Waals surface area contributed by atoms with E-state index >= 15 is 0 Å². The molecule has 0 bridgehead atoms. The van der Waals surface area contributed by atoms with Crippen LogP contribution in [0.15, 0.2) is 29.2 Å². The standard InChI is InChI=1S/C10H15NO3S/c1-3-11(4-2)15(13,14)10-8-6-5-7-9(10)12/h5-8,12H,3-4H2,1-2H3. The monoisotopic (exact) mass is 229 g/mol. The second kappa shape index (κ2) is 4.63. The molecule has 0 radical (unpaired) electrons. The van der Waals surface area contributed by atoms with Crippen molar-refractivity contribution >= 4 is 10.0 Å². The zero-order valence-electron chi connectivity index (χ0n) is 8.84. The summed E-state index contributed by atoms with van der Waals surface area (Å²) < 4.78 is 25.3. The first kappa shape index (κ1) is 12.0. The molecule has 1 aromatic carbocycles. The Balaban J connectivity index is 3.23. The van der Waals surface area contributed by atoms with Crippen molar-refractivity contribution in [2.75, 3.05) is 13.1 Å². The van der Waals surface area contributed by atoms with Gasteiger partial charge in [-0.15, -0.1) is 0 Å². The highest BCUT2D eigenvalue weighted by atomic mass is 32.2. The number of rotatable bonds is 4. The highest BCUT2D eigenvalue weighted by molar-refractivity contribution is 7.89. The molecule has 1 rings (SSSR count). The van der Waals surface area contributed by atoms with Crippen LogP contribution in [0.4, 0.5) is 0 Å². The summed E-state index contributed by atoms with van der Waals surface area (Å²) in [6.45, 7) is 4.32. The molecule has 0 unspecified atom stereocenters. The zero-order chi connectivity index (χ0) is 11.5. The molecule has 84 valence electrons. The van der Waals surface area contributed by atoms with E-state index in [1.165, 1.54) is 16.4 Å². The van der Waals surface area contributed by atoms with Crippen LogP contribution in [0.2, 0.25) is 0 Å². The van der Waals surface area contributed by atoms with Crippen molar-refractivity contribution < 1.29 is 13.5 Å². The van der Waals surface area contributed by atoms with Crippen LogP contribution in [-0.4, -0.2) is 30.9 Å². The van der Waals surface area contributed by atoms with Crippen LogP contribution < -0.4 is 0 Å². The Labute approximate surface area is 90.2 Å². The Kier molecular flexibility index (Phi) is 3.71. The number of phenols is 1. The predicted molar refractivity (Wildman–Crippen MR) is 58.2 cm³/mol. The molecule has 0 atom stereocenters. The molecule has 1 aromatic rings. The fourth-order valence-electron chi connectivity index (χ4n) is 1.38. The minimum absolute atomic E-state index is 0.0336. The number of hydrogen-bond acceptors (Lipinski definition) is 3. The molecule has 0 aromatic heterocycles. The third-order valence-electron chi connectivity index (χ3n) is 2.19. The van der Waals surface area contributed by atoms with Gasteiger partial charge in [-0.25, -0.2) is 8.42 Å². The lowest BCUT2D eigenvalue weighted by atomic mass is 10.3. The van der Waals surface area contributed by atoms with Crippen LogP contribution in [-0.2, 0) is 10.0 Å². The van der Waals surface area contributed by atoms with E-state index in [9.17, 15) is 13.5 Å². The van der Waals surface area contributed by atoms with E-state index in [0.717, 1.165) is 0 Å². The minimum Gasteiger partial charge on any atom is -0.507 e. The van der Waals surface area contributed by atoms with Crippen LogP contribution in [0, 0.1) is 0 Å². The van der Waals surface area contributed by atoms with Gasteiger partial charge in [0.25, 0.3) is 0 Å². The minimum atomic E-state index is -3.55. The van der Waals surface area contributed by atoms with Gasteiger partial charge in [0.05, 0.1) is 0 Å². The molecule has 0 saturated heterocycles. The molecule has 1 N–H and O–H groups in total. The van der Waals surface area contributed by atoms with Gasteiger partial charge < -0.3 is 5.11 Å². The molecule has 0 saturated carbocycles. The molecule has 4 nitrogen and oxygen atoms in total. The molecule has 0 amide bonds. The summed E-state index contributed by atoms with van der Waals surface area (Å²) in [6, 6.07) is 5.96. The number of phenolic OH excluding ortho intramolecular Hbond substituents is 1. The summed E-state index contributed by atoms with van der Waals surface area (Å²) >= 11 is 0. The second-order valence-corrected chi connectivity index (χ2v) is 4.96. The van der Waals surface area contributed by atoms with Gasteiger partial charge in [0.15, 0.2) is 0 Å². The first-order chi connectivity index (χ1) is 7.04. The number of benzene rings is 1. The lowest BCUT2D eigenvalue weighted by molar-refractivity contribution is 0.429. The van der Waals surface area contributed by atoms with Crippen molar-refractivity contribution in [2.24, 2.45) is 0 Å². The van der Waals surface area contributed by atoms with Crippen molar-refractivity contribution in [3.05, 3.63) is 24.3 Å². The van der Waals surface area contributed by atoms with Crippen molar-refractivity contribution in [3.63, 3.8) is 0 Å². The van der Waals surface area contributed by atoms with Crippen molar-refractivity contribution in [2.45, 2.75) is 18.7 Å². The van der Waals surface area contributed by atoms with Crippen molar-refractivity contribution in [1.82, 2.24) is 4.31 Å². The smallest absolute Gasteiger partial charge is 0.246 e. The molecular formula is C10H15NO3S. The first-order valence-corrected chi connectivity index (χ1v) is 6.26. The number of para-hydroxylation sites is 1. The van der Waals surface area contributed by atoms with Gasteiger partial charge in [-0.2, -0.15) is 4.31 Å². The maximum atomic E-state index is 12.0. The van der Waals surface area contributed by atoms with Gasteiger partial charge in [0.2, 0.25) is 10.0 Å². The molecule has 0 spiro atoms. The van der Waals surface area contributed by atoms with Crippen LogP contribution in [0.3, 0.4) is 0 Å². The summed E-state index contributed by atoms with van der Waals surface area (Å²) in [5.41, 5.74) is 0. The van der Waals surface area contributed by atoms with E-state index in [1.807, 2.05) is 0 Å². The predicted octanol–water partition coefficient (Wildman–Crippen LogP) is 1.42. The van der Waals surface area contributed by atoms with Gasteiger partial charge in [0.1, 0.15) is 10.6 Å². The number of hydrogen-bond donors (Lipinski definition) is 1. The molecule has 15 heavy (non-hydrogen) atoms. The molecule has 0 heterocycles. The molecule has 0 aliphatic rings. The Hall–Kier alpha value is -1.07. The van der Waals surface area contributed by atoms with Gasteiger partial charge in [-0.1, -0.05) is 26.0 Å². The third kappa shape index (κ3) is 2.30. The second-order valence-electron chi connectivity index (χ2n) is 3.06.